The minimum atomic E-state index is -0.238. The summed E-state index contributed by atoms with van der Waals surface area (Å²) in [4.78, 5) is 20.3. The van der Waals surface area contributed by atoms with Gasteiger partial charge in [0.15, 0.2) is 6.61 Å². The number of amides is 1. The van der Waals surface area contributed by atoms with E-state index in [9.17, 15) is 4.79 Å². The van der Waals surface area contributed by atoms with Gasteiger partial charge in [-0.3, -0.25) is 4.79 Å². The Balaban J connectivity index is 1.60. The molecule has 2 aromatic rings. The summed E-state index contributed by atoms with van der Waals surface area (Å²) in [5.74, 6) is 0.961. The fourth-order valence-electron chi connectivity index (χ4n) is 2.32. The summed E-state index contributed by atoms with van der Waals surface area (Å²) >= 11 is 5.79. The number of ether oxygens (including phenoxy) is 1. The number of anilines is 1. The van der Waals surface area contributed by atoms with Crippen molar-refractivity contribution < 1.29 is 9.53 Å². The average molecular weight is 304 g/mol. The summed E-state index contributed by atoms with van der Waals surface area (Å²) in [6.07, 6.45) is 4.39. The first kappa shape index (κ1) is 13.8. The normalized spacial score (nSPS) is 12.8. The van der Waals surface area contributed by atoms with Crippen molar-refractivity contribution >= 4 is 23.3 Å². The Bertz CT molecular complexity index is 658. The molecule has 6 heteroatoms. The Hall–Kier alpha value is -2.14. The van der Waals surface area contributed by atoms with Gasteiger partial charge in [0.2, 0.25) is 0 Å². The fourth-order valence-corrected chi connectivity index (χ4v) is 2.44. The molecule has 0 bridgehead atoms. The maximum Gasteiger partial charge on any atom is 0.263 e. The molecule has 1 aromatic heterocycles. The van der Waals surface area contributed by atoms with Crippen LogP contribution in [0.5, 0.6) is 5.75 Å². The zero-order valence-corrected chi connectivity index (χ0v) is 12.1. The van der Waals surface area contributed by atoms with Gasteiger partial charge in [0.25, 0.3) is 5.91 Å². The van der Waals surface area contributed by atoms with E-state index in [1.807, 2.05) is 0 Å². The lowest BCUT2D eigenvalue weighted by molar-refractivity contribution is -0.118. The Morgan fingerprint density at radius 2 is 2.05 bits per heavy atom. The van der Waals surface area contributed by atoms with Crippen LogP contribution >= 0.6 is 11.6 Å². The highest BCUT2D eigenvalue weighted by molar-refractivity contribution is 6.30. The first-order valence-corrected chi connectivity index (χ1v) is 7.11. The Morgan fingerprint density at radius 3 is 2.86 bits per heavy atom. The molecule has 1 aliphatic rings. The third kappa shape index (κ3) is 3.31. The predicted octanol–water partition coefficient (Wildman–Crippen LogP) is 2.64. The molecule has 0 spiro atoms. The number of halogens is 1. The van der Waals surface area contributed by atoms with Crippen LogP contribution in [0.3, 0.4) is 0 Å². The van der Waals surface area contributed by atoms with Crippen LogP contribution in [0.2, 0.25) is 5.02 Å². The van der Waals surface area contributed by atoms with E-state index in [4.69, 9.17) is 16.3 Å². The van der Waals surface area contributed by atoms with Crippen molar-refractivity contribution in [1.82, 2.24) is 9.97 Å². The van der Waals surface area contributed by atoms with Crippen LogP contribution in [0.15, 0.2) is 30.6 Å². The number of carbonyl (C=O) groups is 1. The van der Waals surface area contributed by atoms with Gasteiger partial charge in [-0.15, -0.1) is 0 Å². The summed E-state index contributed by atoms with van der Waals surface area (Å²) in [5, 5.41) is 3.41. The second kappa shape index (κ2) is 6.10. The summed E-state index contributed by atoms with van der Waals surface area (Å²) in [7, 11) is 0. The second-order valence-electron chi connectivity index (χ2n) is 4.79. The third-order valence-electron chi connectivity index (χ3n) is 3.32. The largest absolute Gasteiger partial charge is 0.484 e. The minimum absolute atomic E-state index is 0.0690. The molecule has 0 aliphatic heterocycles. The Kier molecular flexibility index (Phi) is 4.01. The molecule has 0 saturated heterocycles. The number of hydrogen-bond acceptors (Lipinski definition) is 4. The third-order valence-corrected chi connectivity index (χ3v) is 3.57. The zero-order chi connectivity index (χ0) is 14.7. The van der Waals surface area contributed by atoms with Crippen molar-refractivity contribution in [2.24, 2.45) is 0 Å². The zero-order valence-electron chi connectivity index (χ0n) is 11.3. The number of hydrogen-bond donors (Lipinski definition) is 1. The summed E-state index contributed by atoms with van der Waals surface area (Å²) in [6.45, 7) is -0.0690. The minimum Gasteiger partial charge on any atom is -0.484 e. The molecule has 5 nitrogen and oxygen atoms in total. The molecule has 21 heavy (non-hydrogen) atoms. The van der Waals surface area contributed by atoms with Gasteiger partial charge in [-0.2, -0.15) is 0 Å². The number of nitrogens with one attached hydrogen (secondary N) is 1. The van der Waals surface area contributed by atoms with Crippen molar-refractivity contribution in [3.05, 3.63) is 46.9 Å². The molecule has 1 heterocycles. The van der Waals surface area contributed by atoms with Gasteiger partial charge in [0.1, 0.15) is 17.9 Å². The van der Waals surface area contributed by atoms with E-state index in [1.165, 1.54) is 6.33 Å². The molecule has 1 amide bonds. The van der Waals surface area contributed by atoms with Gasteiger partial charge in [-0.25, -0.2) is 9.97 Å². The number of nitrogens with zero attached hydrogens (tertiary/aromatic N) is 2. The van der Waals surface area contributed by atoms with E-state index < -0.39 is 0 Å². The van der Waals surface area contributed by atoms with Crippen molar-refractivity contribution in [2.75, 3.05) is 11.9 Å². The van der Waals surface area contributed by atoms with Gasteiger partial charge in [0.05, 0.1) is 0 Å². The van der Waals surface area contributed by atoms with Crippen LogP contribution in [0.25, 0.3) is 0 Å². The highest BCUT2D eigenvalue weighted by atomic mass is 35.5. The molecule has 1 N–H and O–H groups in total. The summed E-state index contributed by atoms with van der Waals surface area (Å²) in [5.41, 5.74) is 2.07. The fraction of sp³-hybridized carbons (Fsp3) is 0.267. The number of fused-ring (bicyclic) bond motifs is 1. The van der Waals surface area contributed by atoms with Crippen LogP contribution < -0.4 is 10.1 Å². The Morgan fingerprint density at radius 1 is 1.24 bits per heavy atom. The standard InChI is InChI=1S/C15H14ClN3O2/c16-10-4-6-11(7-5-10)21-8-14(20)19-15-12-2-1-3-13(12)17-9-18-15/h4-7,9H,1-3,8H2,(H,17,18,19,20). The molecule has 0 atom stereocenters. The van der Waals surface area contributed by atoms with E-state index in [0.29, 0.717) is 16.6 Å². The van der Waals surface area contributed by atoms with E-state index in [1.54, 1.807) is 24.3 Å². The number of benzene rings is 1. The molecular weight excluding hydrogens is 290 g/mol. The van der Waals surface area contributed by atoms with Crippen LogP contribution in [-0.2, 0) is 17.6 Å². The quantitative estimate of drug-likeness (QED) is 0.943. The van der Waals surface area contributed by atoms with Crippen LogP contribution in [-0.4, -0.2) is 22.5 Å². The molecule has 1 aliphatic carbocycles. The number of aromatic nitrogens is 2. The lowest BCUT2D eigenvalue weighted by Crippen LogP contribution is -2.21. The van der Waals surface area contributed by atoms with Gasteiger partial charge >= 0.3 is 0 Å². The van der Waals surface area contributed by atoms with E-state index >= 15 is 0 Å². The Labute approximate surface area is 127 Å². The van der Waals surface area contributed by atoms with Crippen molar-refractivity contribution in [2.45, 2.75) is 19.3 Å². The van der Waals surface area contributed by atoms with Gasteiger partial charge in [-0.1, -0.05) is 11.6 Å². The van der Waals surface area contributed by atoms with Crippen LogP contribution in [0.1, 0.15) is 17.7 Å². The van der Waals surface area contributed by atoms with Crippen LogP contribution in [0.4, 0.5) is 5.82 Å². The topological polar surface area (TPSA) is 64.1 Å². The SMILES string of the molecule is O=C(COc1ccc(Cl)cc1)Nc1ncnc2c1CCC2. The van der Waals surface area contributed by atoms with Crippen LogP contribution in [0, 0.1) is 0 Å². The van der Waals surface area contributed by atoms with E-state index in [2.05, 4.69) is 15.3 Å². The average Bonchev–Trinajstić information content (AvgIpc) is 2.96. The predicted molar refractivity (Wildman–Crippen MR) is 79.6 cm³/mol. The first-order chi connectivity index (χ1) is 10.2. The molecule has 0 radical (unpaired) electrons. The van der Waals surface area contributed by atoms with Gasteiger partial charge in [-0.05, 0) is 43.5 Å². The maximum atomic E-state index is 11.9. The maximum absolute atomic E-state index is 11.9. The highest BCUT2D eigenvalue weighted by Crippen LogP contribution is 2.25. The number of rotatable bonds is 4. The highest BCUT2D eigenvalue weighted by Gasteiger charge is 2.18. The lowest BCUT2D eigenvalue weighted by Gasteiger charge is -2.09. The summed E-state index contributed by atoms with van der Waals surface area (Å²) in [6, 6.07) is 6.87. The van der Waals surface area contributed by atoms with Crippen molar-refractivity contribution in [3.63, 3.8) is 0 Å². The van der Waals surface area contributed by atoms with Gasteiger partial charge in [0, 0.05) is 16.3 Å². The molecule has 3 rings (SSSR count). The van der Waals surface area contributed by atoms with E-state index in [-0.39, 0.29) is 12.5 Å². The number of carbonyl (C=O) groups excluding carboxylic acids is 1. The van der Waals surface area contributed by atoms with Gasteiger partial charge < -0.3 is 10.1 Å². The molecule has 1 aromatic carbocycles. The monoisotopic (exact) mass is 303 g/mol. The smallest absolute Gasteiger partial charge is 0.263 e. The van der Waals surface area contributed by atoms with E-state index in [0.717, 1.165) is 30.5 Å². The number of aryl methyl sites for hydroxylation is 1. The summed E-state index contributed by atoms with van der Waals surface area (Å²) < 4.78 is 5.40. The first-order valence-electron chi connectivity index (χ1n) is 6.73. The molecule has 0 unspecified atom stereocenters. The molecular formula is C15H14ClN3O2. The molecule has 0 saturated carbocycles. The molecule has 108 valence electrons. The molecule has 0 fully saturated rings. The lowest BCUT2D eigenvalue weighted by atomic mass is 10.2. The van der Waals surface area contributed by atoms with Crippen molar-refractivity contribution in [1.29, 1.82) is 0 Å². The van der Waals surface area contributed by atoms with Crippen molar-refractivity contribution in [3.8, 4) is 5.75 Å². The second-order valence-corrected chi connectivity index (χ2v) is 5.23.